The van der Waals surface area contributed by atoms with Gasteiger partial charge >= 0.3 is 0 Å². The summed E-state index contributed by atoms with van der Waals surface area (Å²) in [5.74, 6) is -0.659. The molecular formula is C10H16O3. The monoisotopic (exact) mass is 184 g/mol. The average molecular weight is 184 g/mol. The van der Waals surface area contributed by atoms with Crippen molar-refractivity contribution in [2.75, 3.05) is 0 Å². The van der Waals surface area contributed by atoms with Crippen molar-refractivity contribution in [1.29, 1.82) is 0 Å². The summed E-state index contributed by atoms with van der Waals surface area (Å²) < 4.78 is 11.0. The molecule has 1 fully saturated rings. The first-order chi connectivity index (χ1) is 6.00. The number of hydrogen-bond donors (Lipinski definition) is 1. The molecule has 1 aliphatic heterocycles. The van der Waals surface area contributed by atoms with Crippen LogP contribution in [0.15, 0.2) is 25.3 Å². The molecule has 0 aliphatic carbocycles. The van der Waals surface area contributed by atoms with Gasteiger partial charge in [-0.05, 0) is 13.8 Å². The van der Waals surface area contributed by atoms with Crippen LogP contribution in [0, 0.1) is 0 Å². The Bertz CT molecular complexity index is 210. The predicted molar refractivity (Wildman–Crippen MR) is 50.2 cm³/mol. The van der Waals surface area contributed by atoms with Crippen molar-refractivity contribution in [3.05, 3.63) is 25.3 Å². The summed E-state index contributed by atoms with van der Waals surface area (Å²) in [5, 5.41) is 9.52. The van der Waals surface area contributed by atoms with E-state index in [0.717, 1.165) is 0 Å². The molecule has 3 nitrogen and oxygen atoms in total. The summed E-state index contributed by atoms with van der Waals surface area (Å²) >= 11 is 0. The molecule has 1 saturated heterocycles. The Morgan fingerprint density at radius 2 is 2.00 bits per heavy atom. The molecule has 1 heterocycles. The Morgan fingerprint density at radius 3 is 2.46 bits per heavy atom. The van der Waals surface area contributed by atoms with Crippen LogP contribution in [0.25, 0.3) is 0 Å². The van der Waals surface area contributed by atoms with Crippen LogP contribution in [0.4, 0.5) is 0 Å². The van der Waals surface area contributed by atoms with Gasteiger partial charge in [-0.3, -0.25) is 0 Å². The highest BCUT2D eigenvalue weighted by Crippen LogP contribution is 2.30. The van der Waals surface area contributed by atoms with Gasteiger partial charge < -0.3 is 14.6 Å². The molecule has 2 unspecified atom stereocenters. The maximum absolute atomic E-state index is 9.52. The number of ether oxygens (including phenoxy) is 2. The third kappa shape index (κ3) is 2.18. The second kappa shape index (κ2) is 3.62. The second-order valence-corrected chi connectivity index (χ2v) is 3.53. The van der Waals surface area contributed by atoms with Crippen molar-refractivity contribution in [2.24, 2.45) is 0 Å². The van der Waals surface area contributed by atoms with Crippen molar-refractivity contribution in [1.82, 2.24) is 0 Å². The van der Waals surface area contributed by atoms with Crippen LogP contribution in [-0.4, -0.2) is 29.2 Å². The second-order valence-electron chi connectivity index (χ2n) is 3.53. The fraction of sp³-hybridized carbons (Fsp3) is 0.600. The zero-order valence-corrected chi connectivity index (χ0v) is 8.06. The first-order valence-electron chi connectivity index (χ1n) is 4.29. The van der Waals surface area contributed by atoms with Crippen LogP contribution in [0.3, 0.4) is 0 Å². The standard InChI is InChI=1S/C10H16O3/c1-5-7(11)9-8(6-2)12-10(3,4)13-9/h5-9,11H,1-2H2,3-4H3/t7?,8?,9-/m0/s1. The minimum Gasteiger partial charge on any atom is -0.386 e. The van der Waals surface area contributed by atoms with Crippen LogP contribution >= 0.6 is 0 Å². The van der Waals surface area contributed by atoms with Gasteiger partial charge in [0.15, 0.2) is 5.79 Å². The molecule has 3 atom stereocenters. The van der Waals surface area contributed by atoms with Crippen molar-refractivity contribution in [3.8, 4) is 0 Å². The van der Waals surface area contributed by atoms with E-state index in [4.69, 9.17) is 9.47 Å². The quantitative estimate of drug-likeness (QED) is 0.671. The molecule has 0 spiro atoms. The van der Waals surface area contributed by atoms with Crippen LogP contribution in [-0.2, 0) is 9.47 Å². The largest absolute Gasteiger partial charge is 0.386 e. The Labute approximate surface area is 78.7 Å². The molecule has 0 bridgehead atoms. The van der Waals surface area contributed by atoms with Crippen molar-refractivity contribution >= 4 is 0 Å². The van der Waals surface area contributed by atoms with Gasteiger partial charge in [0, 0.05) is 0 Å². The zero-order chi connectivity index (χ0) is 10.1. The van der Waals surface area contributed by atoms with Gasteiger partial charge in [-0.2, -0.15) is 0 Å². The Hall–Kier alpha value is -0.640. The van der Waals surface area contributed by atoms with E-state index >= 15 is 0 Å². The van der Waals surface area contributed by atoms with E-state index < -0.39 is 18.0 Å². The lowest BCUT2D eigenvalue weighted by Crippen LogP contribution is -2.32. The highest BCUT2D eigenvalue weighted by atomic mass is 16.8. The number of aliphatic hydroxyl groups is 1. The third-order valence-electron chi connectivity index (χ3n) is 1.97. The summed E-state index contributed by atoms with van der Waals surface area (Å²) in [6.07, 6.45) is 1.68. The third-order valence-corrected chi connectivity index (χ3v) is 1.97. The van der Waals surface area contributed by atoms with E-state index in [1.165, 1.54) is 6.08 Å². The van der Waals surface area contributed by atoms with Crippen molar-refractivity contribution < 1.29 is 14.6 Å². The van der Waals surface area contributed by atoms with E-state index in [9.17, 15) is 5.11 Å². The summed E-state index contributed by atoms with van der Waals surface area (Å²) in [6, 6.07) is 0. The molecule has 13 heavy (non-hydrogen) atoms. The van der Waals surface area contributed by atoms with E-state index in [2.05, 4.69) is 13.2 Å². The highest BCUT2D eigenvalue weighted by Gasteiger charge is 2.42. The van der Waals surface area contributed by atoms with E-state index in [1.54, 1.807) is 19.9 Å². The zero-order valence-electron chi connectivity index (χ0n) is 8.06. The summed E-state index contributed by atoms with van der Waals surface area (Å²) in [6.45, 7) is 10.7. The number of hydrogen-bond acceptors (Lipinski definition) is 3. The summed E-state index contributed by atoms with van der Waals surface area (Å²) in [5.41, 5.74) is 0. The van der Waals surface area contributed by atoms with Crippen LogP contribution < -0.4 is 0 Å². The molecule has 0 aromatic carbocycles. The summed E-state index contributed by atoms with van der Waals surface area (Å²) in [4.78, 5) is 0. The van der Waals surface area contributed by atoms with Gasteiger partial charge in [0.05, 0.1) is 0 Å². The lowest BCUT2D eigenvalue weighted by atomic mass is 10.1. The van der Waals surface area contributed by atoms with Gasteiger partial charge in [-0.15, -0.1) is 13.2 Å². The van der Waals surface area contributed by atoms with Crippen LogP contribution in [0.1, 0.15) is 13.8 Å². The van der Waals surface area contributed by atoms with Crippen LogP contribution in [0.5, 0.6) is 0 Å². The predicted octanol–water partition coefficient (Wildman–Crippen LogP) is 1.24. The Balaban J connectivity index is 2.74. The smallest absolute Gasteiger partial charge is 0.164 e. The normalized spacial score (nSPS) is 34.1. The molecule has 1 aliphatic rings. The molecule has 74 valence electrons. The van der Waals surface area contributed by atoms with E-state index in [-0.39, 0.29) is 6.10 Å². The van der Waals surface area contributed by atoms with Gasteiger partial charge in [-0.25, -0.2) is 0 Å². The van der Waals surface area contributed by atoms with Crippen molar-refractivity contribution in [2.45, 2.75) is 37.9 Å². The van der Waals surface area contributed by atoms with Crippen LogP contribution in [0.2, 0.25) is 0 Å². The topological polar surface area (TPSA) is 38.7 Å². The van der Waals surface area contributed by atoms with Gasteiger partial charge in [-0.1, -0.05) is 12.2 Å². The average Bonchev–Trinajstić information content (AvgIpc) is 2.39. The van der Waals surface area contributed by atoms with Gasteiger partial charge in [0.25, 0.3) is 0 Å². The van der Waals surface area contributed by atoms with Crippen molar-refractivity contribution in [3.63, 3.8) is 0 Å². The molecule has 0 aromatic rings. The maximum atomic E-state index is 9.52. The van der Waals surface area contributed by atoms with Gasteiger partial charge in [0.1, 0.15) is 18.3 Å². The molecule has 0 aromatic heterocycles. The fourth-order valence-corrected chi connectivity index (χ4v) is 1.40. The molecule has 0 radical (unpaired) electrons. The number of aliphatic hydroxyl groups excluding tert-OH is 1. The first-order valence-corrected chi connectivity index (χ1v) is 4.29. The minimum atomic E-state index is -0.718. The lowest BCUT2D eigenvalue weighted by Gasteiger charge is -2.18. The minimum absolute atomic E-state index is 0.275. The Morgan fingerprint density at radius 1 is 1.38 bits per heavy atom. The molecule has 1 rings (SSSR count). The maximum Gasteiger partial charge on any atom is 0.164 e. The first kappa shape index (κ1) is 10.4. The lowest BCUT2D eigenvalue weighted by molar-refractivity contribution is -0.150. The highest BCUT2D eigenvalue weighted by molar-refractivity contribution is 5.00. The molecule has 0 amide bonds. The molecule has 3 heteroatoms. The SMILES string of the molecule is C=CC(O)[C@@H]1OC(C)(C)OC1C=C. The van der Waals surface area contributed by atoms with E-state index in [0.29, 0.717) is 0 Å². The molecule has 0 saturated carbocycles. The Kier molecular flexibility index (Phi) is 2.91. The van der Waals surface area contributed by atoms with Gasteiger partial charge in [0.2, 0.25) is 0 Å². The molecular weight excluding hydrogens is 168 g/mol. The number of rotatable bonds is 3. The molecule has 1 N–H and O–H groups in total. The summed E-state index contributed by atoms with van der Waals surface area (Å²) in [7, 11) is 0. The fourth-order valence-electron chi connectivity index (χ4n) is 1.40. The van der Waals surface area contributed by atoms with E-state index in [1.807, 2.05) is 0 Å².